The molecule has 1 fully saturated rings. The van der Waals surface area contributed by atoms with Crippen LogP contribution in [0.15, 0.2) is 35.3 Å². The van der Waals surface area contributed by atoms with E-state index in [-0.39, 0.29) is 30.3 Å². The lowest BCUT2D eigenvalue weighted by molar-refractivity contribution is -0.152. The number of hydrogen-bond acceptors (Lipinski definition) is 6. The summed E-state index contributed by atoms with van der Waals surface area (Å²) in [5.74, 6) is 0.576. The summed E-state index contributed by atoms with van der Waals surface area (Å²) in [6, 6.07) is 7.74. The monoisotopic (exact) mass is 480 g/mol. The summed E-state index contributed by atoms with van der Waals surface area (Å²) in [6.45, 7) is 6.82. The number of rotatable bonds is 9. The molecule has 0 bridgehead atoms. The van der Waals surface area contributed by atoms with E-state index in [1.54, 1.807) is 18.7 Å². The van der Waals surface area contributed by atoms with Crippen LogP contribution in [0.3, 0.4) is 0 Å². The van der Waals surface area contributed by atoms with Crippen LogP contribution in [0, 0.1) is 6.92 Å². The Hall–Kier alpha value is -2.97. The fourth-order valence-electron chi connectivity index (χ4n) is 4.85. The third kappa shape index (κ3) is 5.49. The van der Waals surface area contributed by atoms with Crippen molar-refractivity contribution in [2.75, 3.05) is 13.7 Å². The number of aromatic nitrogens is 3. The zero-order chi connectivity index (χ0) is 25.1. The lowest BCUT2D eigenvalue weighted by Gasteiger charge is -2.19. The number of esters is 1. The van der Waals surface area contributed by atoms with Crippen LogP contribution < -0.4 is 10.9 Å². The molecule has 8 heteroatoms. The molecule has 3 aromatic rings. The molecule has 8 nitrogen and oxygen atoms in total. The van der Waals surface area contributed by atoms with Crippen LogP contribution in [0.1, 0.15) is 56.7 Å². The molecule has 1 aliphatic carbocycles. The summed E-state index contributed by atoms with van der Waals surface area (Å²) < 4.78 is 14.7. The topological polar surface area (TPSA) is 87.4 Å². The molecule has 1 atom stereocenters. The van der Waals surface area contributed by atoms with Crippen molar-refractivity contribution in [3.8, 4) is 11.4 Å². The van der Waals surface area contributed by atoms with E-state index in [1.165, 1.54) is 0 Å². The molecule has 0 saturated heterocycles. The van der Waals surface area contributed by atoms with Gasteiger partial charge >= 0.3 is 5.97 Å². The second kappa shape index (κ2) is 10.7. The summed E-state index contributed by atoms with van der Waals surface area (Å²) in [7, 11) is 3.35. The van der Waals surface area contributed by atoms with Crippen molar-refractivity contribution in [2.45, 2.75) is 71.2 Å². The average Bonchev–Trinajstić information content (AvgIpc) is 3.47. The number of aryl methyl sites for hydroxylation is 2. The molecule has 4 rings (SSSR count). The van der Waals surface area contributed by atoms with Gasteiger partial charge in [0.2, 0.25) is 0 Å². The summed E-state index contributed by atoms with van der Waals surface area (Å²) in [4.78, 5) is 29.8. The average molecular weight is 481 g/mol. The number of nitrogens with zero attached hydrogens (tertiary/aromatic N) is 3. The second-order valence-corrected chi connectivity index (χ2v) is 9.78. The largest absolute Gasteiger partial charge is 0.461 e. The van der Waals surface area contributed by atoms with Crippen molar-refractivity contribution in [3.63, 3.8) is 0 Å². The van der Waals surface area contributed by atoms with Crippen LogP contribution in [0.4, 0.5) is 0 Å². The second-order valence-electron chi connectivity index (χ2n) is 9.78. The molecule has 2 aromatic heterocycles. The Morgan fingerprint density at radius 2 is 1.97 bits per heavy atom. The summed E-state index contributed by atoms with van der Waals surface area (Å²) in [5, 5.41) is 3.30. The number of pyridine rings is 1. The van der Waals surface area contributed by atoms with Crippen molar-refractivity contribution in [3.05, 3.63) is 51.9 Å². The van der Waals surface area contributed by atoms with Gasteiger partial charge in [-0.15, -0.1) is 0 Å². The van der Waals surface area contributed by atoms with Crippen LogP contribution >= 0.6 is 0 Å². The Morgan fingerprint density at radius 3 is 2.63 bits per heavy atom. The fourth-order valence-corrected chi connectivity index (χ4v) is 4.85. The van der Waals surface area contributed by atoms with Crippen molar-refractivity contribution >= 4 is 17.0 Å². The van der Waals surface area contributed by atoms with Crippen LogP contribution in [0.25, 0.3) is 22.4 Å². The van der Waals surface area contributed by atoms with E-state index >= 15 is 0 Å². The smallest absolute Gasteiger partial charge is 0.325 e. The van der Waals surface area contributed by atoms with Crippen molar-refractivity contribution < 1.29 is 14.3 Å². The van der Waals surface area contributed by atoms with Gasteiger partial charge in [-0.1, -0.05) is 6.07 Å². The van der Waals surface area contributed by atoms with E-state index in [2.05, 4.69) is 35.9 Å². The van der Waals surface area contributed by atoms with E-state index in [4.69, 9.17) is 14.5 Å². The van der Waals surface area contributed by atoms with E-state index in [0.717, 1.165) is 53.7 Å². The lowest BCUT2D eigenvalue weighted by Crippen LogP contribution is -2.42. The lowest BCUT2D eigenvalue weighted by atomic mass is 10.1. The van der Waals surface area contributed by atoms with Gasteiger partial charge in [-0.25, -0.2) is 4.98 Å². The number of fused-ring (bicyclic) bond motifs is 1. The number of carbonyl (C=O) groups is 1. The number of benzene rings is 1. The molecule has 1 aliphatic rings. The van der Waals surface area contributed by atoms with Gasteiger partial charge in [0, 0.05) is 44.1 Å². The van der Waals surface area contributed by atoms with Gasteiger partial charge in [-0.2, -0.15) is 0 Å². The standard InChI is InChI=1S/C27H36N4O4/c1-17(2)31-24-11-10-19(14-28-23(16-34-5)27(33)35-21-8-6-7-9-21)13-22(24)29-25(31)20-12-18(3)26(32)30(4)15-20/h10-13,15,17,21,23,28H,6-9,14,16H2,1-5H3. The third-order valence-electron chi connectivity index (χ3n) is 6.65. The minimum atomic E-state index is -0.520. The molecule has 1 N–H and O–H groups in total. The van der Waals surface area contributed by atoms with E-state index in [0.29, 0.717) is 12.1 Å². The zero-order valence-electron chi connectivity index (χ0n) is 21.3. The predicted molar refractivity (Wildman–Crippen MR) is 136 cm³/mol. The Kier molecular flexibility index (Phi) is 7.72. The molecule has 1 saturated carbocycles. The van der Waals surface area contributed by atoms with Crippen molar-refractivity contribution in [1.29, 1.82) is 0 Å². The number of methoxy groups -OCH3 is 1. The molecule has 188 valence electrons. The summed E-state index contributed by atoms with van der Waals surface area (Å²) >= 11 is 0. The highest BCUT2D eigenvalue weighted by Gasteiger charge is 2.25. The van der Waals surface area contributed by atoms with Gasteiger partial charge in [0.1, 0.15) is 18.0 Å². The number of ether oxygens (including phenoxy) is 2. The first-order valence-electron chi connectivity index (χ1n) is 12.4. The molecule has 0 spiro atoms. The first-order valence-corrected chi connectivity index (χ1v) is 12.4. The predicted octanol–water partition coefficient (Wildman–Crippen LogP) is 3.88. The van der Waals surface area contributed by atoms with Gasteiger partial charge in [0.15, 0.2) is 0 Å². The third-order valence-corrected chi connectivity index (χ3v) is 6.65. The Morgan fingerprint density at radius 1 is 1.23 bits per heavy atom. The number of carbonyl (C=O) groups excluding carboxylic acids is 1. The first kappa shape index (κ1) is 25.1. The molecule has 35 heavy (non-hydrogen) atoms. The molecule has 1 aromatic carbocycles. The van der Waals surface area contributed by atoms with Crippen molar-refractivity contribution in [2.24, 2.45) is 7.05 Å². The van der Waals surface area contributed by atoms with Crippen LogP contribution in [0.2, 0.25) is 0 Å². The fraction of sp³-hybridized carbons (Fsp3) is 0.519. The van der Waals surface area contributed by atoms with Gasteiger partial charge in [-0.3, -0.25) is 14.9 Å². The molecular formula is C27H36N4O4. The number of imidazole rings is 1. The van der Waals surface area contributed by atoms with E-state index in [9.17, 15) is 9.59 Å². The van der Waals surface area contributed by atoms with Gasteiger partial charge in [0.05, 0.1) is 17.6 Å². The van der Waals surface area contributed by atoms with Gasteiger partial charge in [-0.05, 0) is 70.2 Å². The summed E-state index contributed by atoms with van der Waals surface area (Å²) in [6.07, 6.45) is 5.98. The van der Waals surface area contributed by atoms with E-state index < -0.39 is 6.04 Å². The summed E-state index contributed by atoms with van der Waals surface area (Å²) in [5.41, 5.74) is 4.50. The highest BCUT2D eigenvalue weighted by Crippen LogP contribution is 2.29. The Bertz CT molecular complexity index is 1230. The molecule has 2 heterocycles. The molecule has 0 radical (unpaired) electrons. The minimum Gasteiger partial charge on any atom is -0.461 e. The zero-order valence-corrected chi connectivity index (χ0v) is 21.3. The molecule has 0 aliphatic heterocycles. The quantitative estimate of drug-likeness (QED) is 0.468. The van der Waals surface area contributed by atoms with Crippen LogP contribution in [-0.2, 0) is 27.9 Å². The molecule has 1 unspecified atom stereocenters. The minimum absolute atomic E-state index is 0.00797. The SMILES string of the molecule is COCC(NCc1ccc2c(c1)nc(-c1cc(C)c(=O)n(C)c1)n2C(C)C)C(=O)OC1CCCC1. The Labute approximate surface area is 206 Å². The van der Waals surface area contributed by atoms with Crippen LogP contribution in [-0.4, -0.2) is 45.9 Å². The molecular weight excluding hydrogens is 444 g/mol. The maximum atomic E-state index is 12.7. The maximum absolute atomic E-state index is 12.7. The van der Waals surface area contributed by atoms with E-state index in [1.807, 2.05) is 25.3 Å². The first-order chi connectivity index (χ1) is 16.8. The van der Waals surface area contributed by atoms with Crippen LogP contribution in [0.5, 0.6) is 0 Å². The normalized spacial score (nSPS) is 15.3. The molecule has 0 amide bonds. The Balaban J connectivity index is 1.58. The van der Waals surface area contributed by atoms with Gasteiger partial charge in [0.25, 0.3) is 5.56 Å². The van der Waals surface area contributed by atoms with Gasteiger partial charge < -0.3 is 18.6 Å². The highest BCUT2D eigenvalue weighted by molar-refractivity contribution is 5.81. The maximum Gasteiger partial charge on any atom is 0.325 e. The van der Waals surface area contributed by atoms with Crippen molar-refractivity contribution in [1.82, 2.24) is 19.4 Å². The number of hydrogen-bond donors (Lipinski definition) is 1. The highest BCUT2D eigenvalue weighted by atomic mass is 16.5. The number of nitrogens with one attached hydrogen (secondary N) is 1.